The normalized spacial score (nSPS) is 22.2. The zero-order valence-corrected chi connectivity index (χ0v) is 7.82. The van der Waals surface area contributed by atoms with E-state index in [1.165, 1.54) is 0 Å². The lowest BCUT2D eigenvalue weighted by Gasteiger charge is -2.26. The molecule has 0 heterocycles. The van der Waals surface area contributed by atoms with Crippen molar-refractivity contribution in [2.45, 2.75) is 44.8 Å². The van der Waals surface area contributed by atoms with Crippen molar-refractivity contribution in [1.82, 2.24) is 5.32 Å². The minimum atomic E-state index is -4.08. The van der Waals surface area contributed by atoms with Crippen LogP contribution in [0.5, 0.6) is 0 Å². The predicted molar refractivity (Wildman–Crippen MR) is 45.5 cm³/mol. The van der Waals surface area contributed by atoms with Crippen LogP contribution in [0, 0.1) is 5.92 Å². The van der Waals surface area contributed by atoms with Crippen LogP contribution in [-0.4, -0.2) is 18.8 Å². The Morgan fingerprint density at radius 2 is 1.85 bits per heavy atom. The molecule has 1 aliphatic rings. The highest BCUT2D eigenvalue weighted by molar-refractivity contribution is 4.85. The Balaban J connectivity index is 2.55. The number of hydrogen-bond acceptors (Lipinski definition) is 1. The van der Waals surface area contributed by atoms with Gasteiger partial charge in [-0.15, -0.1) is 0 Å². The third kappa shape index (κ3) is 2.86. The molecule has 1 nitrogen and oxygen atoms in total. The first-order valence-corrected chi connectivity index (χ1v) is 4.85. The highest BCUT2D eigenvalue weighted by atomic mass is 19.4. The second kappa shape index (κ2) is 4.31. The molecule has 0 saturated heterocycles. The van der Waals surface area contributed by atoms with E-state index in [4.69, 9.17) is 0 Å². The van der Waals surface area contributed by atoms with E-state index in [2.05, 4.69) is 5.32 Å². The molecule has 0 spiro atoms. The lowest BCUT2D eigenvalue weighted by Crippen LogP contribution is -2.46. The van der Waals surface area contributed by atoms with Gasteiger partial charge in [-0.05, 0) is 25.3 Å². The summed E-state index contributed by atoms with van der Waals surface area (Å²) in [5, 5.41) is 2.54. The zero-order valence-electron chi connectivity index (χ0n) is 7.82. The third-order valence-corrected chi connectivity index (χ3v) is 2.65. The van der Waals surface area contributed by atoms with E-state index in [0.29, 0.717) is 6.54 Å². The van der Waals surface area contributed by atoms with Gasteiger partial charge in [0.15, 0.2) is 0 Å². The topological polar surface area (TPSA) is 12.0 Å². The first-order chi connectivity index (χ1) is 6.05. The molecular weight excluding hydrogens is 179 g/mol. The van der Waals surface area contributed by atoms with Crippen LogP contribution in [0.25, 0.3) is 0 Å². The van der Waals surface area contributed by atoms with Gasteiger partial charge in [0.25, 0.3) is 0 Å². The summed E-state index contributed by atoms with van der Waals surface area (Å²) in [4.78, 5) is 0. The SMILES string of the molecule is CCNC(C1CCCC1)C(F)(F)F. The van der Waals surface area contributed by atoms with Gasteiger partial charge in [-0.25, -0.2) is 0 Å². The van der Waals surface area contributed by atoms with Gasteiger partial charge in [0, 0.05) is 0 Å². The Labute approximate surface area is 76.7 Å². The van der Waals surface area contributed by atoms with Crippen LogP contribution in [0.3, 0.4) is 0 Å². The molecule has 13 heavy (non-hydrogen) atoms. The van der Waals surface area contributed by atoms with Crippen molar-refractivity contribution < 1.29 is 13.2 Å². The molecule has 1 rings (SSSR count). The highest BCUT2D eigenvalue weighted by Gasteiger charge is 2.44. The molecule has 1 unspecified atom stereocenters. The van der Waals surface area contributed by atoms with Crippen LogP contribution in [0.15, 0.2) is 0 Å². The Morgan fingerprint density at radius 3 is 2.23 bits per heavy atom. The van der Waals surface area contributed by atoms with E-state index >= 15 is 0 Å². The van der Waals surface area contributed by atoms with E-state index < -0.39 is 12.2 Å². The van der Waals surface area contributed by atoms with E-state index in [1.54, 1.807) is 6.92 Å². The summed E-state index contributed by atoms with van der Waals surface area (Å²) in [5.74, 6) is -0.194. The maximum atomic E-state index is 12.5. The fourth-order valence-electron chi connectivity index (χ4n) is 2.06. The van der Waals surface area contributed by atoms with Gasteiger partial charge >= 0.3 is 6.18 Å². The van der Waals surface area contributed by atoms with Crippen molar-refractivity contribution in [2.75, 3.05) is 6.54 Å². The molecular formula is C9H16F3N. The molecule has 0 radical (unpaired) electrons. The van der Waals surface area contributed by atoms with E-state index in [1.807, 2.05) is 0 Å². The second-order valence-electron chi connectivity index (χ2n) is 3.62. The summed E-state index contributed by atoms with van der Waals surface area (Å²) < 4.78 is 37.5. The number of halogens is 3. The van der Waals surface area contributed by atoms with Gasteiger partial charge in [0.2, 0.25) is 0 Å². The van der Waals surface area contributed by atoms with Crippen molar-refractivity contribution in [3.8, 4) is 0 Å². The second-order valence-corrected chi connectivity index (χ2v) is 3.62. The Bertz CT molecular complexity index is 149. The van der Waals surface area contributed by atoms with Crippen molar-refractivity contribution in [2.24, 2.45) is 5.92 Å². The largest absolute Gasteiger partial charge is 0.404 e. The van der Waals surface area contributed by atoms with Crippen LogP contribution >= 0.6 is 0 Å². The monoisotopic (exact) mass is 195 g/mol. The smallest absolute Gasteiger partial charge is 0.306 e. The molecule has 1 N–H and O–H groups in total. The number of nitrogens with one attached hydrogen (secondary N) is 1. The molecule has 0 amide bonds. The number of hydrogen-bond donors (Lipinski definition) is 1. The Hall–Kier alpha value is -0.250. The lowest BCUT2D eigenvalue weighted by molar-refractivity contribution is -0.167. The van der Waals surface area contributed by atoms with E-state index in [0.717, 1.165) is 25.7 Å². The molecule has 0 aromatic carbocycles. The van der Waals surface area contributed by atoms with Gasteiger partial charge in [-0.1, -0.05) is 19.8 Å². The van der Waals surface area contributed by atoms with Crippen molar-refractivity contribution >= 4 is 0 Å². The number of rotatable bonds is 3. The molecule has 1 fully saturated rings. The summed E-state index contributed by atoms with van der Waals surface area (Å²) in [6.07, 6.45) is -0.745. The molecule has 1 atom stereocenters. The summed E-state index contributed by atoms with van der Waals surface area (Å²) in [5.41, 5.74) is 0. The minimum Gasteiger partial charge on any atom is -0.306 e. The number of alkyl halides is 3. The average molecular weight is 195 g/mol. The van der Waals surface area contributed by atoms with Crippen molar-refractivity contribution in [1.29, 1.82) is 0 Å². The van der Waals surface area contributed by atoms with Crippen LogP contribution in [0.4, 0.5) is 13.2 Å². The quantitative estimate of drug-likeness (QED) is 0.730. The molecule has 0 aliphatic heterocycles. The minimum absolute atomic E-state index is 0.194. The van der Waals surface area contributed by atoms with Crippen molar-refractivity contribution in [3.63, 3.8) is 0 Å². The summed E-state index contributed by atoms with van der Waals surface area (Å²) in [6.45, 7) is 2.11. The van der Waals surface area contributed by atoms with Gasteiger partial charge < -0.3 is 5.32 Å². The zero-order chi connectivity index (χ0) is 9.90. The van der Waals surface area contributed by atoms with Crippen LogP contribution in [-0.2, 0) is 0 Å². The molecule has 1 saturated carbocycles. The highest BCUT2D eigenvalue weighted by Crippen LogP contribution is 2.35. The first-order valence-electron chi connectivity index (χ1n) is 4.85. The maximum Gasteiger partial charge on any atom is 0.404 e. The van der Waals surface area contributed by atoms with Gasteiger partial charge in [0.05, 0.1) is 0 Å². The van der Waals surface area contributed by atoms with Crippen LogP contribution < -0.4 is 5.32 Å². The van der Waals surface area contributed by atoms with Gasteiger partial charge in [-0.2, -0.15) is 13.2 Å². The first kappa shape index (κ1) is 10.8. The fourth-order valence-corrected chi connectivity index (χ4v) is 2.06. The van der Waals surface area contributed by atoms with Crippen LogP contribution in [0.1, 0.15) is 32.6 Å². The van der Waals surface area contributed by atoms with Crippen molar-refractivity contribution in [3.05, 3.63) is 0 Å². The molecule has 0 aromatic rings. The molecule has 78 valence electrons. The molecule has 4 heteroatoms. The average Bonchev–Trinajstić information content (AvgIpc) is 2.49. The van der Waals surface area contributed by atoms with E-state index in [-0.39, 0.29) is 5.92 Å². The summed E-state index contributed by atoms with van der Waals surface area (Å²) in [6, 6.07) is -1.28. The fraction of sp³-hybridized carbons (Fsp3) is 1.00. The van der Waals surface area contributed by atoms with Gasteiger partial charge in [-0.3, -0.25) is 0 Å². The molecule has 1 aliphatic carbocycles. The standard InChI is InChI=1S/C9H16F3N/c1-2-13-8(9(10,11)12)7-5-3-4-6-7/h7-8,13H,2-6H2,1H3. The summed E-state index contributed by atoms with van der Waals surface area (Å²) >= 11 is 0. The molecule has 0 bridgehead atoms. The Kier molecular flexibility index (Phi) is 3.59. The Morgan fingerprint density at radius 1 is 1.31 bits per heavy atom. The van der Waals surface area contributed by atoms with E-state index in [9.17, 15) is 13.2 Å². The molecule has 0 aromatic heterocycles. The van der Waals surface area contributed by atoms with Gasteiger partial charge in [0.1, 0.15) is 6.04 Å². The van der Waals surface area contributed by atoms with Crippen LogP contribution in [0.2, 0.25) is 0 Å². The lowest BCUT2D eigenvalue weighted by atomic mass is 9.98. The summed E-state index contributed by atoms with van der Waals surface area (Å²) in [7, 11) is 0. The third-order valence-electron chi connectivity index (χ3n) is 2.65. The predicted octanol–water partition coefficient (Wildman–Crippen LogP) is 2.72. The maximum absolute atomic E-state index is 12.5.